The van der Waals surface area contributed by atoms with E-state index < -0.39 is 39.0 Å². The molecule has 1 unspecified atom stereocenters. The van der Waals surface area contributed by atoms with Gasteiger partial charge in [-0.15, -0.1) is 0 Å². The van der Waals surface area contributed by atoms with Crippen LogP contribution in [-0.2, 0) is 27.0 Å². The van der Waals surface area contributed by atoms with Gasteiger partial charge in [0.15, 0.2) is 5.96 Å². The Bertz CT molecular complexity index is 2110. The molecule has 6 aliphatic heterocycles. The van der Waals surface area contributed by atoms with Crippen LogP contribution >= 0.6 is 0 Å². The third kappa shape index (κ3) is 8.46. The Labute approximate surface area is 328 Å². The summed E-state index contributed by atoms with van der Waals surface area (Å²) in [4.78, 5) is 4.64. The number of aryl methyl sites for hydroxylation is 1. The maximum Gasteiger partial charge on any atom is 0.268 e. The summed E-state index contributed by atoms with van der Waals surface area (Å²) in [6, 6.07) is 19.8. The first-order chi connectivity index (χ1) is 26.9. The van der Waals surface area contributed by atoms with E-state index in [0.29, 0.717) is 49.0 Å². The molecule has 0 amide bonds. The van der Waals surface area contributed by atoms with E-state index in [0.717, 1.165) is 22.3 Å². The van der Waals surface area contributed by atoms with Gasteiger partial charge in [-0.05, 0) is 103 Å². The van der Waals surface area contributed by atoms with Gasteiger partial charge >= 0.3 is 0 Å². The van der Waals surface area contributed by atoms with E-state index >= 15 is 0 Å². The molecule has 0 aromatic heterocycles. The van der Waals surface area contributed by atoms with Gasteiger partial charge in [0.1, 0.15) is 17.6 Å². The number of aliphatic hydroxyl groups excluding tert-OH is 3. The zero-order valence-electron chi connectivity index (χ0n) is 31.2. The van der Waals surface area contributed by atoms with Crippen molar-refractivity contribution in [2.45, 2.75) is 80.5 Å². The van der Waals surface area contributed by atoms with Gasteiger partial charge in [-0.2, -0.15) is 8.42 Å². The molecule has 8 bridgehead atoms. The Morgan fingerprint density at radius 1 is 1.02 bits per heavy atom. The second-order valence-corrected chi connectivity index (χ2v) is 17.4. The number of aliphatic hydroxyl groups is 3. The normalized spacial score (nSPS) is 29.0. The van der Waals surface area contributed by atoms with Crippen LogP contribution in [0.3, 0.4) is 0 Å². The van der Waals surface area contributed by atoms with Crippen molar-refractivity contribution in [3.8, 4) is 23.3 Å². The number of phenolic OH excluding ortho intramolecular Hbond substituents is 1. The van der Waals surface area contributed by atoms with Crippen molar-refractivity contribution in [3.05, 3.63) is 106 Å². The van der Waals surface area contributed by atoms with Gasteiger partial charge in [0, 0.05) is 55.3 Å². The molecule has 0 saturated carbocycles. The molecule has 1 fully saturated rings. The van der Waals surface area contributed by atoms with Crippen molar-refractivity contribution in [2.24, 2.45) is 40.1 Å². The summed E-state index contributed by atoms with van der Waals surface area (Å²) in [5.41, 5.74) is 15.2. The summed E-state index contributed by atoms with van der Waals surface area (Å²) in [6.07, 6.45) is 4.16. The number of benzene rings is 3. The fraction of sp³-hybridized carbons (Fsp3) is 0.465. The summed E-state index contributed by atoms with van der Waals surface area (Å²) in [5, 5.41) is 39.8. The van der Waals surface area contributed by atoms with E-state index in [2.05, 4.69) is 16.8 Å². The van der Waals surface area contributed by atoms with Gasteiger partial charge in [0.05, 0.1) is 11.4 Å². The molecular weight excluding hydrogens is 735 g/mol. The van der Waals surface area contributed by atoms with Gasteiger partial charge in [0.25, 0.3) is 10.1 Å². The average Bonchev–Trinajstić information content (AvgIpc) is 3.29. The number of aliphatic imine (C=N–C) groups is 1. The molecule has 56 heavy (non-hydrogen) atoms. The number of aromatic hydroxyl groups is 1. The summed E-state index contributed by atoms with van der Waals surface area (Å²) < 4.78 is 51.9. The Morgan fingerprint density at radius 2 is 1.79 bits per heavy atom. The molecule has 0 radical (unpaired) electrons. The smallest absolute Gasteiger partial charge is 0.268 e. The Hall–Kier alpha value is -4.42. The van der Waals surface area contributed by atoms with E-state index in [4.69, 9.17) is 20.9 Å². The van der Waals surface area contributed by atoms with Crippen molar-refractivity contribution >= 4 is 16.1 Å². The zero-order valence-corrected chi connectivity index (χ0v) is 32.0. The average molecular weight is 786 g/mol. The highest BCUT2D eigenvalue weighted by Gasteiger charge is 2.47. The second kappa shape index (κ2) is 16.6. The van der Waals surface area contributed by atoms with Crippen LogP contribution < -0.4 is 16.2 Å². The topological polar surface area (TPSA) is 218 Å². The SMILES string of the molecule is NC(N)=N[C@@]1(C[C@H](CO)CCO)Oc2ccc(cc2)CC[C@@H](S(=O)(=O)O)C2C=C3C[C@H](C[C@H]4C[C@@H](CO)CC#Cc5cc(O)ccc5[C@@H]3O4)[C@H]2c2ccc1cc2. The maximum atomic E-state index is 13.6. The fourth-order valence-electron chi connectivity index (χ4n) is 9.41. The van der Waals surface area contributed by atoms with Crippen molar-refractivity contribution in [1.29, 1.82) is 0 Å². The van der Waals surface area contributed by atoms with Crippen LogP contribution in [0.2, 0.25) is 0 Å². The minimum Gasteiger partial charge on any atom is -0.508 e. The number of guanidine groups is 1. The lowest BCUT2D eigenvalue weighted by Crippen LogP contribution is -2.39. The molecule has 10 rings (SSSR count). The molecule has 9 atom stereocenters. The predicted molar refractivity (Wildman–Crippen MR) is 211 cm³/mol. The molecule has 6 heterocycles. The fourth-order valence-corrected chi connectivity index (χ4v) is 10.5. The number of nitrogens with zero attached hydrogens (tertiary/aromatic N) is 1. The lowest BCUT2D eigenvalue weighted by atomic mass is 9.65. The number of ether oxygens (including phenoxy) is 2. The first-order valence-electron chi connectivity index (χ1n) is 19.4. The zero-order chi connectivity index (χ0) is 39.6. The standard InChI is InChI=1S/C43H51N3O9S/c44-42(45)46-43(23-28(25-49)16-17-47)33-9-7-29(8-10-33)40-31-19-32(22-38(40)39(56(51,52)53)15-6-26-4-12-35(55-43)13-5-26)41-37-14-11-34(50)20-30(37)3-1-2-27(24-48)18-36(21-31)54-41/h4-5,7-14,20,22,27-28,31,36,38-41,47-50H,2,6,15-19,21,23-25H2,(H4,44,45,46)(H,51,52,53)/t27-,28+,31+,36+,38?,39+,40+,41+,43-/m0/s1. The highest BCUT2D eigenvalue weighted by Crippen LogP contribution is 2.53. The number of phenols is 1. The number of nitrogens with two attached hydrogens (primary N) is 2. The molecule has 12 nitrogen and oxygen atoms in total. The predicted octanol–water partition coefficient (Wildman–Crippen LogP) is 4.41. The molecule has 0 spiro atoms. The van der Waals surface area contributed by atoms with Gasteiger partial charge < -0.3 is 41.4 Å². The molecule has 1 saturated heterocycles. The molecule has 1 aliphatic carbocycles. The Morgan fingerprint density at radius 3 is 2.46 bits per heavy atom. The highest BCUT2D eigenvalue weighted by atomic mass is 32.2. The number of rotatable bonds is 8. The molecular formula is C43H51N3O9S. The quantitative estimate of drug-likeness (QED) is 0.0558. The molecule has 7 aliphatic rings. The van der Waals surface area contributed by atoms with E-state index in [9.17, 15) is 33.4 Å². The minimum atomic E-state index is -4.59. The van der Waals surface area contributed by atoms with Gasteiger partial charge in [-0.3, -0.25) is 4.55 Å². The van der Waals surface area contributed by atoms with Crippen LogP contribution in [0.4, 0.5) is 0 Å². The lowest BCUT2D eigenvalue weighted by Gasteiger charge is -2.40. The van der Waals surface area contributed by atoms with E-state index in [1.54, 1.807) is 24.3 Å². The summed E-state index contributed by atoms with van der Waals surface area (Å²) in [7, 11) is -4.59. The summed E-state index contributed by atoms with van der Waals surface area (Å²) in [6.45, 7) is -0.468. The highest BCUT2D eigenvalue weighted by molar-refractivity contribution is 7.86. The van der Waals surface area contributed by atoms with Crippen LogP contribution in [0.1, 0.15) is 84.8 Å². The van der Waals surface area contributed by atoms with Crippen molar-refractivity contribution in [2.75, 3.05) is 19.8 Å². The minimum absolute atomic E-state index is 0.0637. The Balaban J connectivity index is 1.42. The maximum absolute atomic E-state index is 13.6. The van der Waals surface area contributed by atoms with Crippen molar-refractivity contribution in [3.63, 3.8) is 0 Å². The first kappa shape index (κ1) is 39.8. The van der Waals surface area contributed by atoms with Gasteiger partial charge in [-0.25, -0.2) is 4.99 Å². The second-order valence-electron chi connectivity index (χ2n) is 15.8. The summed E-state index contributed by atoms with van der Waals surface area (Å²) in [5.74, 6) is 4.96. The molecule has 13 heteroatoms. The number of hydrogen-bond acceptors (Lipinski definition) is 9. The van der Waals surface area contributed by atoms with E-state index in [1.165, 1.54) is 0 Å². The van der Waals surface area contributed by atoms with E-state index in [-0.39, 0.29) is 74.6 Å². The van der Waals surface area contributed by atoms with Crippen molar-refractivity contribution in [1.82, 2.24) is 0 Å². The number of fused-ring (bicyclic) bond motifs is 7. The number of allylic oxidation sites excluding steroid dienone is 1. The molecule has 3 aromatic rings. The van der Waals surface area contributed by atoms with Gasteiger partial charge in [-0.1, -0.05) is 60.4 Å². The van der Waals surface area contributed by atoms with Gasteiger partial charge in [0.2, 0.25) is 5.72 Å². The van der Waals surface area contributed by atoms with E-state index in [1.807, 2.05) is 48.5 Å². The summed E-state index contributed by atoms with van der Waals surface area (Å²) >= 11 is 0. The third-order valence-electron chi connectivity index (χ3n) is 12.0. The molecule has 3 aromatic carbocycles. The number of hydrogen-bond donors (Lipinski definition) is 7. The molecule has 9 N–H and O–H groups in total. The Kier molecular flexibility index (Phi) is 11.8. The monoisotopic (exact) mass is 785 g/mol. The van der Waals surface area contributed by atoms with Crippen LogP contribution in [0.25, 0.3) is 0 Å². The molecule has 298 valence electrons. The van der Waals surface area contributed by atoms with Crippen LogP contribution in [0, 0.1) is 35.5 Å². The van der Waals surface area contributed by atoms with Crippen LogP contribution in [0.15, 0.2) is 83.4 Å². The van der Waals surface area contributed by atoms with Crippen molar-refractivity contribution < 1.29 is 42.9 Å². The first-order valence-corrected chi connectivity index (χ1v) is 20.9. The largest absolute Gasteiger partial charge is 0.508 e. The third-order valence-corrected chi connectivity index (χ3v) is 13.3. The van der Waals surface area contributed by atoms with Crippen LogP contribution in [-0.4, -0.2) is 70.5 Å². The van der Waals surface area contributed by atoms with Crippen LogP contribution in [0.5, 0.6) is 11.5 Å². The lowest BCUT2D eigenvalue weighted by molar-refractivity contribution is -0.0131.